The van der Waals surface area contributed by atoms with Crippen LogP contribution in [0.15, 0.2) is 41.8 Å². The number of carbonyl (C=O) groups excluding carboxylic acids is 1. The SMILES string of the molecule is NCCN(C(=O)c1cccs1)c1ccc(F)cc1. The molecule has 0 aliphatic carbocycles. The molecule has 0 saturated carbocycles. The third-order valence-electron chi connectivity index (χ3n) is 2.47. The number of thiophene rings is 1. The van der Waals surface area contributed by atoms with Gasteiger partial charge in [0.25, 0.3) is 5.91 Å². The standard InChI is InChI=1S/C13H13FN2OS/c14-10-3-5-11(6-4-10)16(8-7-15)13(17)12-2-1-9-18-12/h1-6,9H,7-8,15H2. The van der Waals surface area contributed by atoms with Crippen LogP contribution >= 0.6 is 11.3 Å². The van der Waals surface area contributed by atoms with Crippen LogP contribution in [-0.4, -0.2) is 19.0 Å². The van der Waals surface area contributed by atoms with Crippen molar-refractivity contribution >= 4 is 22.9 Å². The van der Waals surface area contributed by atoms with Crippen molar-refractivity contribution < 1.29 is 9.18 Å². The van der Waals surface area contributed by atoms with Gasteiger partial charge in [-0.15, -0.1) is 11.3 Å². The highest BCUT2D eigenvalue weighted by atomic mass is 32.1. The molecule has 0 unspecified atom stereocenters. The van der Waals surface area contributed by atoms with Gasteiger partial charge in [-0.1, -0.05) is 6.07 Å². The van der Waals surface area contributed by atoms with Crippen LogP contribution in [0.2, 0.25) is 0 Å². The quantitative estimate of drug-likeness (QED) is 0.922. The Morgan fingerprint density at radius 2 is 2.00 bits per heavy atom. The van der Waals surface area contributed by atoms with Crippen molar-refractivity contribution in [1.29, 1.82) is 0 Å². The lowest BCUT2D eigenvalue weighted by molar-refractivity contribution is 0.0991. The lowest BCUT2D eigenvalue weighted by Crippen LogP contribution is -2.34. The van der Waals surface area contributed by atoms with Crippen LogP contribution in [0.1, 0.15) is 9.67 Å². The smallest absolute Gasteiger partial charge is 0.268 e. The van der Waals surface area contributed by atoms with E-state index >= 15 is 0 Å². The number of halogens is 1. The second kappa shape index (κ2) is 5.75. The van der Waals surface area contributed by atoms with E-state index in [1.54, 1.807) is 23.1 Å². The van der Waals surface area contributed by atoms with Crippen LogP contribution in [0.4, 0.5) is 10.1 Å². The fourth-order valence-electron chi connectivity index (χ4n) is 1.63. The summed E-state index contributed by atoms with van der Waals surface area (Å²) in [7, 11) is 0. The maximum Gasteiger partial charge on any atom is 0.268 e. The van der Waals surface area contributed by atoms with Crippen molar-refractivity contribution in [2.24, 2.45) is 5.73 Å². The van der Waals surface area contributed by atoms with Gasteiger partial charge in [0, 0.05) is 18.8 Å². The molecule has 0 aliphatic rings. The lowest BCUT2D eigenvalue weighted by atomic mass is 10.2. The van der Waals surface area contributed by atoms with E-state index in [1.807, 2.05) is 11.4 Å². The normalized spacial score (nSPS) is 10.3. The van der Waals surface area contributed by atoms with Crippen molar-refractivity contribution in [3.05, 3.63) is 52.5 Å². The molecule has 1 aromatic heterocycles. The van der Waals surface area contributed by atoms with Gasteiger partial charge in [0.2, 0.25) is 0 Å². The monoisotopic (exact) mass is 264 g/mol. The van der Waals surface area contributed by atoms with Gasteiger partial charge in [0.1, 0.15) is 5.82 Å². The molecule has 1 heterocycles. The van der Waals surface area contributed by atoms with Crippen LogP contribution in [0, 0.1) is 5.82 Å². The Labute approximate surface area is 109 Å². The van der Waals surface area contributed by atoms with E-state index < -0.39 is 0 Å². The van der Waals surface area contributed by atoms with Gasteiger partial charge < -0.3 is 10.6 Å². The predicted molar refractivity (Wildman–Crippen MR) is 71.4 cm³/mol. The largest absolute Gasteiger partial charge is 0.329 e. The molecule has 2 aromatic rings. The van der Waals surface area contributed by atoms with Crippen molar-refractivity contribution in [3.63, 3.8) is 0 Å². The summed E-state index contributed by atoms with van der Waals surface area (Å²) in [6.07, 6.45) is 0. The summed E-state index contributed by atoms with van der Waals surface area (Å²) < 4.78 is 12.9. The zero-order valence-electron chi connectivity index (χ0n) is 9.67. The van der Waals surface area contributed by atoms with Gasteiger partial charge in [-0.05, 0) is 35.7 Å². The molecule has 5 heteroatoms. The van der Waals surface area contributed by atoms with Crippen molar-refractivity contribution in [2.45, 2.75) is 0 Å². The molecule has 3 nitrogen and oxygen atoms in total. The van der Waals surface area contributed by atoms with Gasteiger partial charge in [-0.2, -0.15) is 0 Å². The van der Waals surface area contributed by atoms with Crippen LogP contribution in [-0.2, 0) is 0 Å². The number of carbonyl (C=O) groups is 1. The van der Waals surface area contributed by atoms with Gasteiger partial charge in [0.05, 0.1) is 4.88 Å². The maximum absolute atomic E-state index is 12.9. The number of benzene rings is 1. The summed E-state index contributed by atoms with van der Waals surface area (Å²) in [5, 5.41) is 1.85. The first kappa shape index (κ1) is 12.7. The molecular formula is C13H13FN2OS. The molecule has 18 heavy (non-hydrogen) atoms. The summed E-state index contributed by atoms with van der Waals surface area (Å²) in [5.74, 6) is -0.433. The fourth-order valence-corrected chi connectivity index (χ4v) is 2.30. The van der Waals surface area contributed by atoms with Crippen molar-refractivity contribution in [3.8, 4) is 0 Å². The van der Waals surface area contributed by atoms with Gasteiger partial charge in [-0.3, -0.25) is 4.79 Å². The molecule has 0 atom stereocenters. The molecule has 0 fully saturated rings. The fraction of sp³-hybridized carbons (Fsp3) is 0.154. The lowest BCUT2D eigenvalue weighted by Gasteiger charge is -2.21. The highest BCUT2D eigenvalue weighted by Crippen LogP contribution is 2.19. The maximum atomic E-state index is 12.9. The Bertz CT molecular complexity index is 510. The van der Waals surface area contributed by atoms with Gasteiger partial charge >= 0.3 is 0 Å². The van der Waals surface area contributed by atoms with Gasteiger partial charge in [-0.25, -0.2) is 4.39 Å². The number of nitrogens with zero attached hydrogens (tertiary/aromatic N) is 1. The van der Waals surface area contributed by atoms with E-state index in [1.165, 1.54) is 23.5 Å². The van der Waals surface area contributed by atoms with Gasteiger partial charge in [0.15, 0.2) is 0 Å². The first-order chi connectivity index (χ1) is 8.72. The summed E-state index contributed by atoms with van der Waals surface area (Å²) in [4.78, 5) is 14.5. The minimum Gasteiger partial charge on any atom is -0.329 e. The number of hydrogen-bond acceptors (Lipinski definition) is 3. The van der Waals surface area contributed by atoms with E-state index in [2.05, 4.69) is 0 Å². The number of anilines is 1. The van der Waals surface area contributed by atoms with Crippen LogP contribution < -0.4 is 10.6 Å². The Kier molecular flexibility index (Phi) is 4.07. The summed E-state index contributed by atoms with van der Waals surface area (Å²) in [5.41, 5.74) is 6.18. The Hall–Kier alpha value is -1.72. The Balaban J connectivity index is 2.28. The molecular weight excluding hydrogens is 251 g/mol. The van der Waals surface area contributed by atoms with E-state index in [0.717, 1.165) is 0 Å². The third-order valence-corrected chi connectivity index (χ3v) is 3.33. The average Bonchev–Trinajstić information content (AvgIpc) is 2.90. The van der Waals surface area contributed by atoms with E-state index in [0.29, 0.717) is 23.7 Å². The zero-order chi connectivity index (χ0) is 13.0. The average molecular weight is 264 g/mol. The summed E-state index contributed by atoms with van der Waals surface area (Å²) in [6, 6.07) is 9.41. The van der Waals surface area contributed by atoms with Crippen molar-refractivity contribution in [2.75, 3.05) is 18.0 Å². The van der Waals surface area contributed by atoms with E-state index in [4.69, 9.17) is 5.73 Å². The molecule has 0 radical (unpaired) electrons. The summed E-state index contributed by atoms with van der Waals surface area (Å²) >= 11 is 1.38. The molecule has 0 bridgehead atoms. The number of hydrogen-bond donors (Lipinski definition) is 1. The minimum absolute atomic E-state index is 0.109. The Morgan fingerprint density at radius 3 is 2.56 bits per heavy atom. The van der Waals surface area contributed by atoms with E-state index in [-0.39, 0.29) is 11.7 Å². The molecule has 0 aliphatic heterocycles. The highest BCUT2D eigenvalue weighted by molar-refractivity contribution is 7.12. The highest BCUT2D eigenvalue weighted by Gasteiger charge is 2.17. The third kappa shape index (κ3) is 2.75. The second-order valence-electron chi connectivity index (χ2n) is 3.70. The molecule has 1 amide bonds. The minimum atomic E-state index is -0.324. The summed E-state index contributed by atoms with van der Waals surface area (Å²) in [6.45, 7) is 0.761. The molecule has 2 rings (SSSR count). The zero-order valence-corrected chi connectivity index (χ0v) is 10.5. The van der Waals surface area contributed by atoms with Crippen LogP contribution in [0.5, 0.6) is 0 Å². The van der Waals surface area contributed by atoms with E-state index in [9.17, 15) is 9.18 Å². The molecule has 0 saturated heterocycles. The topological polar surface area (TPSA) is 46.3 Å². The molecule has 94 valence electrons. The molecule has 0 spiro atoms. The number of rotatable bonds is 4. The van der Waals surface area contributed by atoms with Crippen LogP contribution in [0.3, 0.4) is 0 Å². The first-order valence-electron chi connectivity index (χ1n) is 5.53. The number of amides is 1. The van der Waals surface area contributed by atoms with Crippen molar-refractivity contribution in [1.82, 2.24) is 0 Å². The first-order valence-corrected chi connectivity index (χ1v) is 6.41. The van der Waals surface area contributed by atoms with Crippen LogP contribution in [0.25, 0.3) is 0 Å². The Morgan fingerprint density at radius 1 is 1.28 bits per heavy atom. The number of nitrogens with two attached hydrogens (primary N) is 1. The molecule has 2 N–H and O–H groups in total. The second-order valence-corrected chi connectivity index (χ2v) is 4.65. The predicted octanol–water partition coefficient (Wildman–Crippen LogP) is 2.49. The molecule has 1 aromatic carbocycles.